The summed E-state index contributed by atoms with van der Waals surface area (Å²) in [5.41, 5.74) is 1.12. The molecule has 1 fully saturated rings. The van der Waals surface area contributed by atoms with Crippen molar-refractivity contribution in [2.75, 3.05) is 31.1 Å². The molecule has 3 N–H and O–H groups in total. The summed E-state index contributed by atoms with van der Waals surface area (Å²) in [6, 6.07) is 10.0. The number of fused-ring (bicyclic) bond motifs is 1. The number of anilines is 1. The molecule has 0 atom stereocenters. The number of rotatable bonds is 7. The van der Waals surface area contributed by atoms with Crippen LogP contribution in [0.2, 0.25) is 0 Å². The lowest BCUT2D eigenvalue weighted by Crippen LogP contribution is -2.41. The van der Waals surface area contributed by atoms with E-state index in [2.05, 4.69) is 30.8 Å². The average molecular weight is 423 g/mol. The second-order valence-electron chi connectivity index (χ2n) is 7.54. The van der Waals surface area contributed by atoms with E-state index in [9.17, 15) is 14.7 Å². The van der Waals surface area contributed by atoms with Gasteiger partial charge in [-0.3, -0.25) is 9.59 Å². The first-order chi connectivity index (χ1) is 15.1. The molecular formula is C21H25N7O3. The number of nitrogens with one attached hydrogen (secondary N) is 2. The Morgan fingerprint density at radius 2 is 1.90 bits per heavy atom. The molecule has 0 bridgehead atoms. The third kappa shape index (κ3) is 5.08. The molecule has 4 rings (SSSR count). The first-order valence-electron chi connectivity index (χ1n) is 10.4. The summed E-state index contributed by atoms with van der Waals surface area (Å²) < 4.78 is 1.65. The number of phenols is 1. The van der Waals surface area contributed by atoms with Gasteiger partial charge in [-0.25, -0.2) is 0 Å². The van der Waals surface area contributed by atoms with Gasteiger partial charge in [0.25, 0.3) is 5.91 Å². The Hall–Kier alpha value is -3.69. The zero-order chi connectivity index (χ0) is 21.6. The van der Waals surface area contributed by atoms with E-state index >= 15 is 0 Å². The zero-order valence-electron chi connectivity index (χ0n) is 17.1. The Morgan fingerprint density at radius 1 is 1.10 bits per heavy atom. The van der Waals surface area contributed by atoms with Crippen LogP contribution in [-0.2, 0) is 4.79 Å². The van der Waals surface area contributed by atoms with Gasteiger partial charge in [0.1, 0.15) is 17.9 Å². The van der Waals surface area contributed by atoms with E-state index in [1.54, 1.807) is 23.0 Å². The van der Waals surface area contributed by atoms with Crippen LogP contribution in [0.25, 0.3) is 5.65 Å². The van der Waals surface area contributed by atoms with E-state index in [0.29, 0.717) is 30.7 Å². The van der Waals surface area contributed by atoms with Gasteiger partial charge in [0.2, 0.25) is 5.91 Å². The molecule has 0 aliphatic carbocycles. The van der Waals surface area contributed by atoms with E-state index in [-0.39, 0.29) is 23.5 Å². The molecule has 0 radical (unpaired) electrons. The largest absolute Gasteiger partial charge is 0.508 e. The molecular weight excluding hydrogens is 398 g/mol. The summed E-state index contributed by atoms with van der Waals surface area (Å²) in [5, 5.41) is 27.5. The van der Waals surface area contributed by atoms with Crippen molar-refractivity contribution in [2.24, 2.45) is 5.92 Å². The zero-order valence-corrected chi connectivity index (χ0v) is 17.1. The van der Waals surface area contributed by atoms with Crippen molar-refractivity contribution < 1.29 is 14.7 Å². The van der Waals surface area contributed by atoms with Crippen molar-refractivity contribution in [3.63, 3.8) is 0 Å². The van der Waals surface area contributed by atoms with Gasteiger partial charge in [-0.1, -0.05) is 6.07 Å². The van der Waals surface area contributed by atoms with Gasteiger partial charge < -0.3 is 20.6 Å². The van der Waals surface area contributed by atoms with E-state index in [1.165, 1.54) is 12.1 Å². The Labute approximate surface area is 179 Å². The molecule has 31 heavy (non-hydrogen) atoms. The summed E-state index contributed by atoms with van der Waals surface area (Å²) in [4.78, 5) is 26.6. The number of aromatic hydroxyl groups is 1. The Balaban J connectivity index is 1.15. The molecule has 10 nitrogen and oxygen atoms in total. The maximum atomic E-state index is 12.5. The minimum absolute atomic E-state index is 0.0169. The molecule has 0 saturated carbocycles. The molecule has 1 saturated heterocycles. The van der Waals surface area contributed by atoms with Crippen LogP contribution in [0.15, 0.2) is 42.7 Å². The molecule has 3 heterocycles. The number of hydrogen-bond donors (Lipinski definition) is 3. The number of phenolic OH excluding ortho intramolecular Hbond substituents is 1. The highest BCUT2D eigenvalue weighted by Crippen LogP contribution is 2.22. The van der Waals surface area contributed by atoms with Crippen LogP contribution in [0.3, 0.4) is 0 Å². The molecule has 0 unspecified atom stereocenters. The van der Waals surface area contributed by atoms with Crippen LogP contribution < -0.4 is 15.5 Å². The van der Waals surface area contributed by atoms with Gasteiger partial charge in [0, 0.05) is 37.7 Å². The Morgan fingerprint density at radius 3 is 2.71 bits per heavy atom. The number of piperidine rings is 1. The molecule has 2 aromatic heterocycles. The maximum absolute atomic E-state index is 12.5. The van der Waals surface area contributed by atoms with Crippen molar-refractivity contribution in [3.05, 3.63) is 48.3 Å². The number of amides is 2. The summed E-state index contributed by atoms with van der Waals surface area (Å²) in [6.07, 6.45) is 3.74. The second-order valence-corrected chi connectivity index (χ2v) is 7.54. The highest BCUT2D eigenvalue weighted by Gasteiger charge is 2.25. The standard InChI is InChI=1S/C21H25N7O3/c29-17-4-1-3-16(13-17)21(31)23-10-2-9-22-20(30)15-7-11-27(12-8-15)19-6-5-18-25-24-14-28(18)26-19/h1,3-6,13-15,29H,2,7-12H2,(H,22,30)(H,23,31). The summed E-state index contributed by atoms with van der Waals surface area (Å²) in [6.45, 7) is 2.48. The van der Waals surface area contributed by atoms with Crippen LogP contribution in [0.5, 0.6) is 5.75 Å². The summed E-state index contributed by atoms with van der Waals surface area (Å²) >= 11 is 0. The van der Waals surface area contributed by atoms with E-state index in [0.717, 1.165) is 31.7 Å². The van der Waals surface area contributed by atoms with Crippen LogP contribution in [0, 0.1) is 5.92 Å². The van der Waals surface area contributed by atoms with Crippen LogP contribution in [0.1, 0.15) is 29.6 Å². The first-order valence-corrected chi connectivity index (χ1v) is 10.4. The molecule has 10 heteroatoms. The quantitative estimate of drug-likeness (QED) is 0.484. The minimum atomic E-state index is -0.243. The number of nitrogens with zero attached hydrogens (tertiary/aromatic N) is 5. The second kappa shape index (κ2) is 9.41. The fourth-order valence-corrected chi connectivity index (χ4v) is 3.65. The van der Waals surface area contributed by atoms with Gasteiger partial charge in [0.05, 0.1) is 0 Å². The predicted molar refractivity (Wildman–Crippen MR) is 114 cm³/mol. The number of carbonyl (C=O) groups is 2. The predicted octanol–water partition coefficient (Wildman–Crippen LogP) is 0.983. The lowest BCUT2D eigenvalue weighted by atomic mass is 9.96. The van der Waals surface area contributed by atoms with Crippen molar-refractivity contribution in [3.8, 4) is 5.75 Å². The van der Waals surface area contributed by atoms with Crippen molar-refractivity contribution >= 4 is 23.3 Å². The Bertz CT molecular complexity index is 1060. The number of hydrogen-bond acceptors (Lipinski definition) is 7. The lowest BCUT2D eigenvalue weighted by Gasteiger charge is -2.32. The average Bonchev–Trinajstić information content (AvgIpc) is 3.26. The molecule has 1 aliphatic heterocycles. The van der Waals surface area contributed by atoms with Crippen LogP contribution >= 0.6 is 0 Å². The van der Waals surface area contributed by atoms with Crippen molar-refractivity contribution in [1.29, 1.82) is 0 Å². The van der Waals surface area contributed by atoms with Crippen LogP contribution in [-0.4, -0.2) is 62.9 Å². The van der Waals surface area contributed by atoms with Crippen LogP contribution in [0.4, 0.5) is 5.82 Å². The molecule has 162 valence electrons. The molecule has 3 aromatic rings. The highest BCUT2D eigenvalue weighted by atomic mass is 16.3. The van der Waals surface area contributed by atoms with Gasteiger partial charge in [-0.2, -0.15) is 4.52 Å². The number of aromatic nitrogens is 4. The van der Waals surface area contributed by atoms with Gasteiger partial charge in [-0.15, -0.1) is 15.3 Å². The third-order valence-corrected chi connectivity index (χ3v) is 5.38. The van der Waals surface area contributed by atoms with Crippen molar-refractivity contribution in [2.45, 2.75) is 19.3 Å². The summed E-state index contributed by atoms with van der Waals surface area (Å²) in [5.74, 6) is 0.709. The molecule has 2 amide bonds. The van der Waals surface area contributed by atoms with Gasteiger partial charge in [-0.05, 0) is 49.6 Å². The smallest absolute Gasteiger partial charge is 0.251 e. The van der Waals surface area contributed by atoms with E-state index in [1.807, 2.05) is 12.1 Å². The SMILES string of the molecule is O=C(NCCCNC(=O)C1CCN(c2ccc3nncn3n2)CC1)c1cccc(O)c1. The van der Waals surface area contributed by atoms with Gasteiger partial charge in [0.15, 0.2) is 5.65 Å². The number of benzene rings is 1. The maximum Gasteiger partial charge on any atom is 0.251 e. The monoisotopic (exact) mass is 423 g/mol. The van der Waals surface area contributed by atoms with Gasteiger partial charge >= 0.3 is 0 Å². The first kappa shape index (κ1) is 20.6. The topological polar surface area (TPSA) is 125 Å². The Kier molecular flexibility index (Phi) is 6.25. The molecule has 1 aromatic carbocycles. The lowest BCUT2D eigenvalue weighted by molar-refractivity contribution is -0.125. The normalized spacial score (nSPS) is 14.5. The molecule has 0 spiro atoms. The van der Waals surface area contributed by atoms with Crippen molar-refractivity contribution in [1.82, 2.24) is 30.4 Å². The highest BCUT2D eigenvalue weighted by molar-refractivity contribution is 5.94. The minimum Gasteiger partial charge on any atom is -0.508 e. The van der Waals surface area contributed by atoms with E-state index < -0.39 is 0 Å². The number of carbonyl (C=O) groups excluding carboxylic acids is 2. The molecule has 1 aliphatic rings. The fraction of sp³-hybridized carbons (Fsp3) is 0.381. The third-order valence-electron chi connectivity index (χ3n) is 5.38. The fourth-order valence-electron chi connectivity index (χ4n) is 3.65. The summed E-state index contributed by atoms with van der Waals surface area (Å²) in [7, 11) is 0. The van der Waals surface area contributed by atoms with E-state index in [4.69, 9.17) is 0 Å².